The fourth-order valence-corrected chi connectivity index (χ4v) is 2.34. The number of nitrogens with one attached hydrogen (secondary N) is 1. The number of carbonyl (C=O) groups excluding carboxylic acids is 1. The molecule has 0 radical (unpaired) electrons. The van der Waals surface area contributed by atoms with Gasteiger partial charge in [-0.25, -0.2) is 0 Å². The number of hydrogen-bond acceptors (Lipinski definition) is 2. The Balaban J connectivity index is 2.07. The van der Waals surface area contributed by atoms with Crippen molar-refractivity contribution in [1.82, 2.24) is 0 Å². The molecule has 0 unspecified atom stereocenters. The average Bonchev–Trinajstić information content (AvgIpc) is 2.45. The highest BCUT2D eigenvalue weighted by molar-refractivity contribution is 6.35. The maximum absolute atomic E-state index is 12.2. The van der Waals surface area contributed by atoms with Crippen LogP contribution >= 0.6 is 23.2 Å². The maximum atomic E-state index is 12.2. The maximum Gasteiger partial charge on any atom is 0.265 e. The molecular weight excluding hydrogens is 321 g/mol. The third kappa shape index (κ3) is 4.15. The second-order valence-corrected chi connectivity index (χ2v) is 5.99. The van der Waals surface area contributed by atoms with Gasteiger partial charge in [0.2, 0.25) is 0 Å². The third-order valence-corrected chi connectivity index (χ3v) is 3.75. The third-order valence-electron chi connectivity index (χ3n) is 3.19. The number of anilines is 1. The van der Waals surface area contributed by atoms with Gasteiger partial charge in [0, 0.05) is 5.02 Å². The molecule has 116 valence electrons. The first kappa shape index (κ1) is 16.7. The Kier molecular flexibility index (Phi) is 5.33. The molecule has 1 amide bonds. The summed E-state index contributed by atoms with van der Waals surface area (Å²) in [5, 5.41) is 3.65. The minimum Gasteiger partial charge on any atom is -0.481 e. The molecule has 0 spiro atoms. The lowest BCUT2D eigenvalue weighted by Gasteiger charge is -2.17. The Bertz CT molecular complexity index is 701. The number of rotatable bonds is 4. The van der Waals surface area contributed by atoms with Crippen LogP contribution in [0.3, 0.4) is 0 Å². The highest BCUT2D eigenvalue weighted by atomic mass is 35.5. The van der Waals surface area contributed by atoms with E-state index in [1.54, 1.807) is 25.1 Å². The second-order valence-electron chi connectivity index (χ2n) is 5.14. The number of ether oxygens (including phenoxy) is 1. The van der Waals surface area contributed by atoms with Gasteiger partial charge < -0.3 is 10.1 Å². The summed E-state index contributed by atoms with van der Waals surface area (Å²) in [6, 6.07) is 10.7. The number of hydrogen-bond donors (Lipinski definition) is 1. The van der Waals surface area contributed by atoms with Crippen molar-refractivity contribution in [3.63, 3.8) is 0 Å². The van der Waals surface area contributed by atoms with Gasteiger partial charge in [-0.05, 0) is 50.6 Å². The van der Waals surface area contributed by atoms with E-state index < -0.39 is 6.10 Å². The molecule has 0 heterocycles. The van der Waals surface area contributed by atoms with Crippen LogP contribution in [0.5, 0.6) is 5.75 Å². The van der Waals surface area contributed by atoms with Gasteiger partial charge in [-0.3, -0.25) is 4.79 Å². The molecule has 0 aliphatic heterocycles. The van der Waals surface area contributed by atoms with Crippen molar-refractivity contribution in [3.8, 4) is 5.75 Å². The van der Waals surface area contributed by atoms with E-state index >= 15 is 0 Å². The normalized spacial score (nSPS) is 11.9. The Morgan fingerprint density at radius 2 is 1.86 bits per heavy atom. The van der Waals surface area contributed by atoms with Crippen molar-refractivity contribution in [2.45, 2.75) is 26.9 Å². The topological polar surface area (TPSA) is 38.3 Å². The van der Waals surface area contributed by atoms with E-state index in [0.717, 1.165) is 11.1 Å². The van der Waals surface area contributed by atoms with Crippen LogP contribution in [-0.4, -0.2) is 12.0 Å². The van der Waals surface area contributed by atoms with Crippen LogP contribution in [0.4, 0.5) is 5.69 Å². The van der Waals surface area contributed by atoms with E-state index in [9.17, 15) is 4.79 Å². The molecule has 0 bridgehead atoms. The lowest BCUT2D eigenvalue weighted by Crippen LogP contribution is -2.30. The highest BCUT2D eigenvalue weighted by Crippen LogP contribution is 2.26. The van der Waals surface area contributed by atoms with Crippen LogP contribution < -0.4 is 10.1 Å². The molecule has 2 aromatic rings. The molecule has 0 aromatic heterocycles. The lowest BCUT2D eigenvalue weighted by atomic mass is 10.1. The fourth-order valence-electron chi connectivity index (χ4n) is 2.00. The van der Waals surface area contributed by atoms with Crippen molar-refractivity contribution in [2.24, 2.45) is 0 Å². The number of carbonyl (C=O) groups is 1. The van der Waals surface area contributed by atoms with Gasteiger partial charge in [-0.1, -0.05) is 40.9 Å². The first-order valence-corrected chi connectivity index (χ1v) is 7.62. The first-order chi connectivity index (χ1) is 10.4. The molecular formula is C17H17Cl2NO2. The van der Waals surface area contributed by atoms with Crippen LogP contribution in [0.2, 0.25) is 10.0 Å². The summed E-state index contributed by atoms with van der Waals surface area (Å²) in [4.78, 5) is 12.2. The van der Waals surface area contributed by atoms with Crippen molar-refractivity contribution >= 4 is 34.8 Å². The van der Waals surface area contributed by atoms with Gasteiger partial charge in [0.15, 0.2) is 6.10 Å². The van der Waals surface area contributed by atoms with E-state index in [4.69, 9.17) is 27.9 Å². The van der Waals surface area contributed by atoms with Crippen LogP contribution in [0.25, 0.3) is 0 Å². The molecule has 1 atom stereocenters. The summed E-state index contributed by atoms with van der Waals surface area (Å²) in [5.41, 5.74) is 2.60. The van der Waals surface area contributed by atoms with Gasteiger partial charge in [0.1, 0.15) is 5.75 Å². The zero-order chi connectivity index (χ0) is 16.3. The number of amides is 1. The lowest BCUT2D eigenvalue weighted by molar-refractivity contribution is -0.122. The zero-order valence-electron chi connectivity index (χ0n) is 12.6. The van der Waals surface area contributed by atoms with Crippen LogP contribution in [0.1, 0.15) is 18.1 Å². The van der Waals surface area contributed by atoms with E-state index in [0.29, 0.717) is 21.5 Å². The molecule has 1 N–H and O–H groups in total. The Hall–Kier alpha value is -1.71. The summed E-state index contributed by atoms with van der Waals surface area (Å²) in [5.74, 6) is 0.398. The van der Waals surface area contributed by atoms with Gasteiger partial charge in [-0.2, -0.15) is 0 Å². The molecule has 5 heteroatoms. The minimum absolute atomic E-state index is 0.288. The summed E-state index contributed by atoms with van der Waals surface area (Å²) < 4.78 is 5.72. The van der Waals surface area contributed by atoms with E-state index in [2.05, 4.69) is 5.32 Å². The smallest absolute Gasteiger partial charge is 0.265 e. The Morgan fingerprint density at radius 3 is 2.55 bits per heavy atom. The van der Waals surface area contributed by atoms with Gasteiger partial charge in [0.25, 0.3) is 5.91 Å². The standard InChI is InChI=1S/C17H17Cl2NO2/c1-10-4-7-16(11(2)8-10)22-12(3)17(21)20-15-9-13(18)5-6-14(15)19/h4-9,12H,1-3H3,(H,20,21)/t12-/m0/s1. The average molecular weight is 338 g/mol. The van der Waals surface area contributed by atoms with Gasteiger partial charge in [-0.15, -0.1) is 0 Å². The predicted molar refractivity (Wildman–Crippen MR) is 91.1 cm³/mol. The fraction of sp³-hybridized carbons (Fsp3) is 0.235. The second kappa shape index (κ2) is 7.03. The quantitative estimate of drug-likeness (QED) is 0.850. The number of aryl methyl sites for hydroxylation is 2. The molecule has 2 rings (SSSR count). The molecule has 0 aliphatic rings. The molecule has 22 heavy (non-hydrogen) atoms. The van der Waals surface area contributed by atoms with Gasteiger partial charge in [0.05, 0.1) is 10.7 Å². The van der Waals surface area contributed by atoms with Crippen molar-refractivity contribution in [2.75, 3.05) is 5.32 Å². The van der Waals surface area contributed by atoms with E-state index in [-0.39, 0.29) is 5.91 Å². The molecule has 3 nitrogen and oxygen atoms in total. The van der Waals surface area contributed by atoms with E-state index in [1.807, 2.05) is 32.0 Å². The first-order valence-electron chi connectivity index (χ1n) is 6.86. The largest absolute Gasteiger partial charge is 0.481 e. The van der Waals surface area contributed by atoms with Crippen LogP contribution in [0.15, 0.2) is 36.4 Å². The van der Waals surface area contributed by atoms with Crippen LogP contribution in [-0.2, 0) is 4.79 Å². The zero-order valence-corrected chi connectivity index (χ0v) is 14.1. The predicted octanol–water partition coefficient (Wildman–Crippen LogP) is 5.02. The summed E-state index contributed by atoms with van der Waals surface area (Å²) >= 11 is 11.9. The summed E-state index contributed by atoms with van der Waals surface area (Å²) in [7, 11) is 0. The minimum atomic E-state index is -0.656. The highest BCUT2D eigenvalue weighted by Gasteiger charge is 2.17. The Labute approximate surface area is 140 Å². The van der Waals surface area contributed by atoms with Crippen molar-refractivity contribution in [3.05, 3.63) is 57.6 Å². The van der Waals surface area contributed by atoms with E-state index in [1.165, 1.54) is 0 Å². The molecule has 0 aliphatic carbocycles. The molecule has 2 aromatic carbocycles. The van der Waals surface area contributed by atoms with Gasteiger partial charge >= 0.3 is 0 Å². The Morgan fingerprint density at radius 1 is 1.14 bits per heavy atom. The number of halogens is 2. The monoisotopic (exact) mass is 337 g/mol. The van der Waals surface area contributed by atoms with Crippen molar-refractivity contribution in [1.29, 1.82) is 0 Å². The molecule has 0 fully saturated rings. The SMILES string of the molecule is Cc1ccc(O[C@@H](C)C(=O)Nc2cc(Cl)ccc2Cl)c(C)c1. The summed E-state index contributed by atoms with van der Waals surface area (Å²) in [6.07, 6.45) is -0.656. The number of benzene rings is 2. The van der Waals surface area contributed by atoms with Crippen LogP contribution in [0, 0.1) is 13.8 Å². The van der Waals surface area contributed by atoms with Crippen molar-refractivity contribution < 1.29 is 9.53 Å². The molecule has 0 saturated carbocycles. The summed E-state index contributed by atoms with van der Waals surface area (Å²) in [6.45, 7) is 5.64. The molecule has 0 saturated heterocycles.